The van der Waals surface area contributed by atoms with Crippen LogP contribution in [0.5, 0.6) is 5.75 Å². The minimum absolute atomic E-state index is 0.558. The molecule has 0 bridgehead atoms. The molecular weight excluding hydrogens is 392 g/mol. The molecular formula is C29H30N2O. The molecule has 3 nitrogen and oxygen atoms in total. The number of anilines is 1. The number of para-hydroxylation sites is 1. The van der Waals surface area contributed by atoms with Crippen molar-refractivity contribution in [3.05, 3.63) is 102 Å². The van der Waals surface area contributed by atoms with E-state index in [-0.39, 0.29) is 0 Å². The monoisotopic (exact) mass is 422 g/mol. The van der Waals surface area contributed by atoms with Gasteiger partial charge in [-0.1, -0.05) is 66.7 Å². The standard InChI is InChI=1S/C29H30N2O/c1-22-8-5-6-11-26(22)21-32-27-13-7-12-25-14-15-28(30-29(25)27)31-18-16-24(17-19-31)20-23-9-3-2-4-10-23/h2-15,24H,16-21H2,1H3. The molecule has 1 fully saturated rings. The van der Waals surface area contributed by atoms with Crippen molar-refractivity contribution >= 4 is 16.7 Å². The Morgan fingerprint density at radius 2 is 1.62 bits per heavy atom. The summed E-state index contributed by atoms with van der Waals surface area (Å²) in [4.78, 5) is 7.47. The number of benzene rings is 3. The zero-order chi connectivity index (χ0) is 21.8. The Morgan fingerprint density at radius 3 is 2.44 bits per heavy atom. The first-order chi connectivity index (χ1) is 15.8. The molecule has 0 saturated carbocycles. The Labute approximate surface area is 190 Å². The summed E-state index contributed by atoms with van der Waals surface area (Å²) in [6.45, 7) is 4.80. The molecule has 1 aromatic heterocycles. The Morgan fingerprint density at radius 1 is 0.844 bits per heavy atom. The van der Waals surface area contributed by atoms with Crippen molar-refractivity contribution in [2.45, 2.75) is 32.8 Å². The van der Waals surface area contributed by atoms with Crippen LogP contribution in [0.4, 0.5) is 5.82 Å². The maximum atomic E-state index is 6.23. The molecule has 3 heteroatoms. The Kier molecular flexibility index (Phi) is 6.06. The summed E-state index contributed by atoms with van der Waals surface area (Å²) >= 11 is 0. The van der Waals surface area contributed by atoms with Crippen molar-refractivity contribution in [3.8, 4) is 5.75 Å². The minimum Gasteiger partial charge on any atom is -0.487 e. The lowest BCUT2D eigenvalue weighted by Gasteiger charge is -2.33. The second-order valence-corrected chi connectivity index (χ2v) is 8.83. The highest BCUT2D eigenvalue weighted by molar-refractivity contribution is 5.86. The molecule has 4 aromatic rings. The molecule has 0 spiro atoms. The molecule has 3 aromatic carbocycles. The number of aryl methyl sites for hydroxylation is 1. The molecule has 1 aliphatic rings. The van der Waals surface area contributed by atoms with E-state index in [2.05, 4.69) is 84.6 Å². The lowest BCUT2D eigenvalue weighted by molar-refractivity contribution is 0.308. The summed E-state index contributed by atoms with van der Waals surface area (Å²) < 4.78 is 6.23. The van der Waals surface area contributed by atoms with Crippen molar-refractivity contribution < 1.29 is 4.74 Å². The summed E-state index contributed by atoms with van der Waals surface area (Å²) in [5, 5.41) is 1.12. The fourth-order valence-corrected chi connectivity index (χ4v) is 4.64. The van der Waals surface area contributed by atoms with Crippen LogP contribution in [0.2, 0.25) is 0 Å². The van der Waals surface area contributed by atoms with E-state index in [0.717, 1.165) is 41.5 Å². The first-order valence-corrected chi connectivity index (χ1v) is 11.6. The molecule has 162 valence electrons. The van der Waals surface area contributed by atoms with Crippen LogP contribution < -0.4 is 9.64 Å². The predicted molar refractivity (Wildman–Crippen MR) is 132 cm³/mol. The second kappa shape index (κ2) is 9.44. The van der Waals surface area contributed by atoms with E-state index in [1.807, 2.05) is 12.1 Å². The number of rotatable bonds is 6. The number of aromatic nitrogens is 1. The van der Waals surface area contributed by atoms with Gasteiger partial charge >= 0.3 is 0 Å². The van der Waals surface area contributed by atoms with Crippen LogP contribution in [0, 0.1) is 12.8 Å². The number of ether oxygens (including phenoxy) is 1. The van der Waals surface area contributed by atoms with E-state index >= 15 is 0 Å². The second-order valence-electron chi connectivity index (χ2n) is 8.83. The van der Waals surface area contributed by atoms with Crippen LogP contribution in [0.15, 0.2) is 84.9 Å². The average Bonchev–Trinajstić information content (AvgIpc) is 2.84. The van der Waals surface area contributed by atoms with E-state index in [0.29, 0.717) is 6.61 Å². The fourth-order valence-electron chi connectivity index (χ4n) is 4.64. The zero-order valence-electron chi connectivity index (χ0n) is 18.7. The van der Waals surface area contributed by atoms with Gasteiger partial charge in [-0.3, -0.25) is 0 Å². The number of hydrogen-bond donors (Lipinski definition) is 0. The first-order valence-electron chi connectivity index (χ1n) is 11.6. The van der Waals surface area contributed by atoms with E-state index in [1.54, 1.807) is 0 Å². The maximum Gasteiger partial charge on any atom is 0.146 e. The smallest absolute Gasteiger partial charge is 0.146 e. The summed E-state index contributed by atoms with van der Waals surface area (Å²) in [6.07, 6.45) is 3.59. The molecule has 32 heavy (non-hydrogen) atoms. The number of nitrogens with zero attached hydrogens (tertiary/aromatic N) is 2. The van der Waals surface area contributed by atoms with E-state index in [1.165, 1.54) is 36.0 Å². The predicted octanol–water partition coefficient (Wildman–Crippen LogP) is 6.58. The molecule has 0 unspecified atom stereocenters. The van der Waals surface area contributed by atoms with Crippen LogP contribution >= 0.6 is 0 Å². The molecule has 0 aliphatic carbocycles. The molecule has 5 rings (SSSR count). The largest absolute Gasteiger partial charge is 0.487 e. The Balaban J connectivity index is 1.29. The highest BCUT2D eigenvalue weighted by Crippen LogP contribution is 2.30. The van der Waals surface area contributed by atoms with E-state index < -0.39 is 0 Å². The zero-order valence-corrected chi connectivity index (χ0v) is 18.7. The molecule has 2 heterocycles. The number of hydrogen-bond acceptors (Lipinski definition) is 3. The Hall–Kier alpha value is -3.33. The van der Waals surface area contributed by atoms with Crippen molar-refractivity contribution in [2.75, 3.05) is 18.0 Å². The third-order valence-corrected chi connectivity index (χ3v) is 6.62. The van der Waals surface area contributed by atoms with Gasteiger partial charge in [0.2, 0.25) is 0 Å². The minimum atomic E-state index is 0.558. The highest BCUT2D eigenvalue weighted by atomic mass is 16.5. The van der Waals surface area contributed by atoms with Crippen molar-refractivity contribution in [1.82, 2.24) is 4.98 Å². The van der Waals surface area contributed by atoms with Gasteiger partial charge in [-0.05, 0) is 67.0 Å². The third-order valence-electron chi connectivity index (χ3n) is 6.62. The van der Waals surface area contributed by atoms with Gasteiger partial charge in [0.1, 0.15) is 23.7 Å². The fraction of sp³-hybridized carbons (Fsp3) is 0.276. The molecule has 0 atom stereocenters. The molecule has 1 saturated heterocycles. The first kappa shape index (κ1) is 20.6. The van der Waals surface area contributed by atoms with E-state index in [9.17, 15) is 0 Å². The molecule has 0 N–H and O–H groups in total. The van der Waals surface area contributed by atoms with Gasteiger partial charge in [-0.15, -0.1) is 0 Å². The number of piperidine rings is 1. The highest BCUT2D eigenvalue weighted by Gasteiger charge is 2.21. The lowest BCUT2D eigenvalue weighted by atomic mass is 9.90. The van der Waals surface area contributed by atoms with Gasteiger partial charge in [-0.2, -0.15) is 0 Å². The van der Waals surface area contributed by atoms with Crippen molar-refractivity contribution in [2.24, 2.45) is 5.92 Å². The number of pyridine rings is 1. The lowest BCUT2D eigenvalue weighted by Crippen LogP contribution is -2.34. The summed E-state index contributed by atoms with van der Waals surface area (Å²) in [5.41, 5.74) is 4.86. The maximum absolute atomic E-state index is 6.23. The molecule has 0 radical (unpaired) electrons. The van der Waals surface area contributed by atoms with Crippen molar-refractivity contribution in [1.29, 1.82) is 0 Å². The molecule has 0 amide bonds. The van der Waals surface area contributed by atoms with Crippen LogP contribution in [0.25, 0.3) is 10.9 Å². The van der Waals surface area contributed by atoms with Gasteiger partial charge in [0, 0.05) is 18.5 Å². The summed E-state index contributed by atoms with van der Waals surface area (Å²) in [5.74, 6) is 2.66. The third kappa shape index (κ3) is 4.62. The van der Waals surface area contributed by atoms with E-state index in [4.69, 9.17) is 9.72 Å². The average molecular weight is 423 g/mol. The SMILES string of the molecule is Cc1ccccc1COc1cccc2ccc(N3CCC(Cc4ccccc4)CC3)nc12. The number of fused-ring (bicyclic) bond motifs is 1. The van der Waals surface area contributed by atoms with Crippen molar-refractivity contribution in [3.63, 3.8) is 0 Å². The van der Waals surface area contributed by atoms with Gasteiger partial charge in [0.05, 0.1) is 0 Å². The van der Waals surface area contributed by atoms with Gasteiger partial charge in [0.25, 0.3) is 0 Å². The van der Waals surface area contributed by atoms with Crippen LogP contribution in [-0.2, 0) is 13.0 Å². The van der Waals surface area contributed by atoms with Crippen LogP contribution in [-0.4, -0.2) is 18.1 Å². The molecule has 1 aliphatic heterocycles. The van der Waals surface area contributed by atoms with Gasteiger partial charge < -0.3 is 9.64 Å². The van der Waals surface area contributed by atoms with Crippen LogP contribution in [0.1, 0.15) is 29.5 Å². The van der Waals surface area contributed by atoms with Gasteiger partial charge in [-0.25, -0.2) is 4.98 Å². The Bertz CT molecular complexity index is 1180. The van der Waals surface area contributed by atoms with Gasteiger partial charge in [0.15, 0.2) is 0 Å². The quantitative estimate of drug-likeness (QED) is 0.351. The normalized spacial score (nSPS) is 14.6. The summed E-state index contributed by atoms with van der Waals surface area (Å²) in [6, 6.07) is 29.8. The topological polar surface area (TPSA) is 25.4 Å². The van der Waals surface area contributed by atoms with Crippen LogP contribution in [0.3, 0.4) is 0 Å². The summed E-state index contributed by atoms with van der Waals surface area (Å²) in [7, 11) is 0.